The fraction of sp³-hybridized carbons (Fsp3) is 0.0476. The molecule has 65 heavy (non-hydrogen) atoms. The molecule has 0 saturated carbocycles. The molecule has 1 aromatic heterocycles. The second-order valence-corrected chi connectivity index (χ2v) is 17.7. The molecule has 0 radical (unpaired) electrons. The minimum Gasteiger partial charge on any atom is -0.310 e. The molecule has 2 heteroatoms. The van der Waals surface area contributed by atoms with Crippen molar-refractivity contribution in [3.05, 3.63) is 254 Å². The van der Waals surface area contributed by atoms with Gasteiger partial charge in [-0.2, -0.15) is 0 Å². The summed E-state index contributed by atoms with van der Waals surface area (Å²) in [5, 5.41) is 3.68. The number of benzene rings is 10. The van der Waals surface area contributed by atoms with Gasteiger partial charge in [0, 0.05) is 38.8 Å². The molecule has 0 amide bonds. The molecule has 0 aliphatic heterocycles. The highest BCUT2D eigenvalue weighted by Gasteiger charge is 2.36. The highest BCUT2D eigenvalue weighted by atomic mass is 15.1. The number of aromatic nitrogens is 1. The van der Waals surface area contributed by atoms with Crippen molar-refractivity contribution in [2.75, 3.05) is 4.90 Å². The third-order valence-electron chi connectivity index (χ3n) is 13.6. The highest BCUT2D eigenvalue weighted by Crippen LogP contribution is 2.52. The zero-order chi connectivity index (χ0) is 43.5. The molecule has 2 nitrogen and oxygen atoms in total. The van der Waals surface area contributed by atoms with E-state index in [1.165, 1.54) is 94.3 Å². The molecule has 1 aliphatic rings. The first-order valence-electron chi connectivity index (χ1n) is 22.6. The second-order valence-electron chi connectivity index (χ2n) is 17.7. The third-order valence-corrected chi connectivity index (χ3v) is 13.6. The van der Waals surface area contributed by atoms with Crippen molar-refractivity contribution in [1.82, 2.24) is 4.57 Å². The summed E-state index contributed by atoms with van der Waals surface area (Å²) >= 11 is 0. The van der Waals surface area contributed by atoms with Gasteiger partial charge in [-0.3, -0.25) is 0 Å². The summed E-state index contributed by atoms with van der Waals surface area (Å²) in [4.78, 5) is 2.42. The molecular formula is C63H46N2. The number of para-hydroxylation sites is 1. The lowest BCUT2D eigenvalue weighted by molar-refractivity contribution is 0.660. The van der Waals surface area contributed by atoms with Crippen LogP contribution in [0.4, 0.5) is 17.1 Å². The number of rotatable bonds is 8. The molecule has 0 N–H and O–H groups in total. The van der Waals surface area contributed by atoms with Crippen LogP contribution in [0.1, 0.15) is 25.0 Å². The van der Waals surface area contributed by atoms with Crippen LogP contribution < -0.4 is 4.90 Å². The highest BCUT2D eigenvalue weighted by molar-refractivity contribution is 6.07. The van der Waals surface area contributed by atoms with Gasteiger partial charge < -0.3 is 9.47 Å². The van der Waals surface area contributed by atoms with Crippen molar-refractivity contribution < 1.29 is 0 Å². The second kappa shape index (κ2) is 15.6. The zero-order valence-electron chi connectivity index (χ0n) is 36.5. The van der Waals surface area contributed by atoms with Gasteiger partial charge >= 0.3 is 0 Å². The number of anilines is 3. The Morgan fingerprint density at radius 2 is 0.908 bits per heavy atom. The minimum absolute atomic E-state index is 0.229. The van der Waals surface area contributed by atoms with E-state index in [4.69, 9.17) is 0 Å². The summed E-state index contributed by atoms with van der Waals surface area (Å²) in [7, 11) is 0. The largest absolute Gasteiger partial charge is 0.310 e. The van der Waals surface area contributed by atoms with Crippen LogP contribution in [0, 0.1) is 0 Å². The normalized spacial score (nSPS) is 12.6. The van der Waals surface area contributed by atoms with Crippen LogP contribution in [-0.2, 0) is 5.41 Å². The molecule has 0 unspecified atom stereocenters. The predicted molar refractivity (Wildman–Crippen MR) is 275 cm³/mol. The van der Waals surface area contributed by atoms with Gasteiger partial charge in [-0.15, -0.1) is 0 Å². The predicted octanol–water partition coefficient (Wildman–Crippen LogP) is 17.2. The molecule has 12 rings (SSSR count). The fourth-order valence-corrected chi connectivity index (χ4v) is 10.4. The monoisotopic (exact) mass is 830 g/mol. The molecule has 1 aliphatic carbocycles. The third kappa shape index (κ3) is 6.49. The average Bonchev–Trinajstić information content (AvgIpc) is 3.83. The van der Waals surface area contributed by atoms with Crippen molar-refractivity contribution >= 4 is 38.7 Å². The molecule has 10 aromatic carbocycles. The molecule has 0 atom stereocenters. The van der Waals surface area contributed by atoms with Crippen molar-refractivity contribution in [2.24, 2.45) is 0 Å². The van der Waals surface area contributed by atoms with Crippen LogP contribution in [0.15, 0.2) is 243 Å². The summed E-state index contributed by atoms with van der Waals surface area (Å²) in [6, 6.07) is 88.8. The molecule has 0 bridgehead atoms. The minimum atomic E-state index is -0.229. The summed E-state index contributed by atoms with van der Waals surface area (Å²) in [5.41, 5.74) is 20.5. The van der Waals surface area contributed by atoms with E-state index in [9.17, 15) is 0 Å². The van der Waals surface area contributed by atoms with Crippen LogP contribution in [-0.4, -0.2) is 4.57 Å². The van der Waals surface area contributed by atoms with Crippen LogP contribution in [0.2, 0.25) is 0 Å². The Morgan fingerprint density at radius 3 is 1.63 bits per heavy atom. The van der Waals surface area contributed by atoms with E-state index in [1.54, 1.807) is 0 Å². The molecule has 1 heterocycles. The Labute approximate surface area is 381 Å². The lowest BCUT2D eigenvalue weighted by Gasteiger charge is -2.29. The van der Waals surface area contributed by atoms with E-state index in [0.29, 0.717) is 0 Å². The lowest BCUT2D eigenvalue weighted by Crippen LogP contribution is -2.16. The van der Waals surface area contributed by atoms with Gasteiger partial charge in [-0.1, -0.05) is 196 Å². The van der Waals surface area contributed by atoms with E-state index in [0.717, 1.165) is 17.1 Å². The van der Waals surface area contributed by atoms with Crippen LogP contribution in [0.3, 0.4) is 0 Å². The van der Waals surface area contributed by atoms with E-state index in [2.05, 4.69) is 266 Å². The van der Waals surface area contributed by atoms with Crippen molar-refractivity contribution in [3.63, 3.8) is 0 Å². The van der Waals surface area contributed by atoms with Gasteiger partial charge in [0.1, 0.15) is 0 Å². The van der Waals surface area contributed by atoms with E-state index in [-0.39, 0.29) is 5.41 Å². The summed E-state index contributed by atoms with van der Waals surface area (Å²) < 4.78 is 2.46. The Kier molecular flexibility index (Phi) is 9.21. The van der Waals surface area contributed by atoms with Gasteiger partial charge in [0.15, 0.2) is 0 Å². The average molecular weight is 831 g/mol. The first kappa shape index (κ1) is 38.5. The van der Waals surface area contributed by atoms with Crippen LogP contribution in [0.5, 0.6) is 0 Å². The maximum atomic E-state index is 2.46. The number of fused-ring (bicyclic) bond motifs is 5. The first-order valence-corrected chi connectivity index (χ1v) is 22.6. The van der Waals surface area contributed by atoms with Gasteiger partial charge in [0.2, 0.25) is 0 Å². The van der Waals surface area contributed by atoms with Gasteiger partial charge in [-0.05, 0) is 122 Å². The smallest absolute Gasteiger partial charge is 0.0619 e. The molecule has 0 saturated heterocycles. The first-order chi connectivity index (χ1) is 32.0. The van der Waals surface area contributed by atoms with Crippen LogP contribution in [0.25, 0.3) is 83.1 Å². The SMILES string of the molecule is CC1(C)c2cc(-c3ccc4c(c3)c(-c3ccccc3)c(-c3ccccc3)n4-c3ccc(-c4ccccc4)cc3)ccc2-c2ccc(N(c3ccccc3)c3cccc4ccccc34)cc21. The maximum Gasteiger partial charge on any atom is 0.0619 e. The molecule has 308 valence electrons. The van der Waals surface area contributed by atoms with Gasteiger partial charge in [0.25, 0.3) is 0 Å². The van der Waals surface area contributed by atoms with Crippen molar-refractivity contribution in [2.45, 2.75) is 19.3 Å². The molecule has 0 spiro atoms. The Balaban J connectivity index is 0.990. The zero-order valence-corrected chi connectivity index (χ0v) is 36.5. The lowest BCUT2D eigenvalue weighted by atomic mass is 9.81. The Morgan fingerprint density at radius 1 is 0.369 bits per heavy atom. The van der Waals surface area contributed by atoms with Gasteiger partial charge in [-0.25, -0.2) is 0 Å². The van der Waals surface area contributed by atoms with E-state index < -0.39 is 0 Å². The van der Waals surface area contributed by atoms with Crippen LogP contribution >= 0.6 is 0 Å². The van der Waals surface area contributed by atoms with E-state index >= 15 is 0 Å². The summed E-state index contributed by atoms with van der Waals surface area (Å²) in [5.74, 6) is 0. The molecule has 11 aromatic rings. The quantitative estimate of drug-likeness (QED) is 0.148. The molecule has 0 fully saturated rings. The standard InChI is InChI=1S/C63H46N2/c1-63(2)57-41-49(32-37-54(57)55-38-36-52(42-58(55)63)64(50-26-13-6-14-27-50)59-29-17-25-45-20-15-16-28-53(45)59)48-33-39-60-56(40-48)61(46-21-9-4-10-22-46)62(47-23-11-5-12-24-47)65(60)51-34-30-44(31-35-51)43-18-7-3-8-19-43/h3-42H,1-2H3. The number of hydrogen-bond donors (Lipinski definition) is 0. The Hall–Kier alpha value is -8.20. The molecular weight excluding hydrogens is 785 g/mol. The Bertz CT molecular complexity index is 3530. The topological polar surface area (TPSA) is 8.17 Å². The van der Waals surface area contributed by atoms with Crippen molar-refractivity contribution in [1.29, 1.82) is 0 Å². The number of hydrogen-bond acceptors (Lipinski definition) is 1. The fourth-order valence-electron chi connectivity index (χ4n) is 10.4. The van der Waals surface area contributed by atoms with E-state index in [1.807, 2.05) is 0 Å². The summed E-state index contributed by atoms with van der Waals surface area (Å²) in [6.07, 6.45) is 0. The van der Waals surface area contributed by atoms with Gasteiger partial charge in [0.05, 0.1) is 16.9 Å². The van der Waals surface area contributed by atoms with Crippen molar-refractivity contribution in [3.8, 4) is 61.5 Å². The summed E-state index contributed by atoms with van der Waals surface area (Å²) in [6.45, 7) is 4.78. The number of nitrogens with zero attached hydrogens (tertiary/aromatic N) is 2. The maximum absolute atomic E-state index is 2.46.